The van der Waals surface area contributed by atoms with Crippen molar-refractivity contribution >= 4 is 0 Å². The number of hydrogen-bond donors (Lipinski definition) is 1. The van der Waals surface area contributed by atoms with Crippen LogP contribution in [0.5, 0.6) is 0 Å². The van der Waals surface area contributed by atoms with Gasteiger partial charge in [0, 0.05) is 24.0 Å². The first-order valence-electron chi connectivity index (χ1n) is 7.81. The molecule has 2 aliphatic rings. The smallest absolute Gasteiger partial charge is 0.0812 e. The van der Waals surface area contributed by atoms with E-state index in [0.29, 0.717) is 5.41 Å². The Hall–Kier alpha value is -0.760. The van der Waals surface area contributed by atoms with Crippen LogP contribution in [0.25, 0.3) is 0 Å². The van der Waals surface area contributed by atoms with Gasteiger partial charge in [-0.1, -0.05) is 27.2 Å². The molecule has 2 heteroatoms. The zero-order valence-electron chi connectivity index (χ0n) is 12.6. The second-order valence-corrected chi connectivity index (χ2v) is 7.66. The highest BCUT2D eigenvalue weighted by atomic mass is 16.3. The maximum atomic E-state index is 10.3. The van der Waals surface area contributed by atoms with Gasteiger partial charge in [0.2, 0.25) is 0 Å². The van der Waals surface area contributed by atoms with Crippen LogP contribution in [-0.4, -0.2) is 9.67 Å². The van der Waals surface area contributed by atoms with Gasteiger partial charge in [-0.15, -0.1) is 0 Å². The van der Waals surface area contributed by atoms with Crippen molar-refractivity contribution < 1.29 is 5.11 Å². The van der Waals surface area contributed by atoms with Gasteiger partial charge in [-0.3, -0.25) is 0 Å². The monoisotopic (exact) mass is 261 g/mol. The number of aliphatic hydroxyl groups is 1. The van der Waals surface area contributed by atoms with Gasteiger partial charge in [0.05, 0.1) is 6.10 Å². The average Bonchev–Trinajstić information content (AvgIpc) is 2.94. The Labute approximate surface area is 116 Å². The predicted molar refractivity (Wildman–Crippen MR) is 78.1 cm³/mol. The van der Waals surface area contributed by atoms with Gasteiger partial charge in [-0.05, 0) is 49.0 Å². The lowest BCUT2D eigenvalue weighted by atomic mass is 9.75. The van der Waals surface area contributed by atoms with Crippen LogP contribution in [0.2, 0.25) is 0 Å². The summed E-state index contributed by atoms with van der Waals surface area (Å²) in [6.07, 6.45) is 9.37. The SMILES string of the molecule is CCCC1(Cn2ccc3c2CC(C)(C)CC3O)CC1. The van der Waals surface area contributed by atoms with E-state index >= 15 is 0 Å². The minimum Gasteiger partial charge on any atom is -0.388 e. The molecule has 106 valence electrons. The molecule has 0 bridgehead atoms. The molecule has 0 radical (unpaired) electrons. The Morgan fingerprint density at radius 3 is 2.74 bits per heavy atom. The number of hydrogen-bond acceptors (Lipinski definition) is 1. The Balaban J connectivity index is 1.85. The van der Waals surface area contributed by atoms with E-state index in [-0.39, 0.29) is 11.5 Å². The zero-order valence-corrected chi connectivity index (χ0v) is 12.6. The van der Waals surface area contributed by atoms with Crippen LogP contribution < -0.4 is 0 Å². The molecule has 1 N–H and O–H groups in total. The molecule has 2 aliphatic carbocycles. The lowest BCUT2D eigenvalue weighted by Crippen LogP contribution is -2.27. The summed E-state index contributed by atoms with van der Waals surface area (Å²) < 4.78 is 2.45. The van der Waals surface area contributed by atoms with Gasteiger partial charge in [-0.25, -0.2) is 0 Å². The molecule has 1 atom stereocenters. The second kappa shape index (κ2) is 4.37. The van der Waals surface area contributed by atoms with Crippen LogP contribution in [0, 0.1) is 10.8 Å². The molecule has 19 heavy (non-hydrogen) atoms. The molecule has 0 amide bonds. The summed E-state index contributed by atoms with van der Waals surface area (Å²) in [5, 5.41) is 10.3. The predicted octanol–water partition coefficient (Wildman–Crippen LogP) is 4.07. The summed E-state index contributed by atoms with van der Waals surface area (Å²) in [6.45, 7) is 8.00. The highest BCUT2D eigenvalue weighted by Gasteiger charge is 2.43. The maximum absolute atomic E-state index is 10.3. The van der Waals surface area contributed by atoms with Crippen LogP contribution in [-0.2, 0) is 13.0 Å². The van der Waals surface area contributed by atoms with E-state index in [1.807, 2.05) is 0 Å². The van der Waals surface area contributed by atoms with Gasteiger partial charge < -0.3 is 9.67 Å². The fourth-order valence-electron chi connectivity index (χ4n) is 3.89. The van der Waals surface area contributed by atoms with E-state index in [9.17, 15) is 5.11 Å². The molecule has 1 heterocycles. The van der Waals surface area contributed by atoms with Crippen molar-refractivity contribution in [1.82, 2.24) is 4.57 Å². The quantitative estimate of drug-likeness (QED) is 0.868. The van der Waals surface area contributed by atoms with Crippen molar-refractivity contribution in [3.05, 3.63) is 23.5 Å². The number of rotatable bonds is 4. The third-order valence-corrected chi connectivity index (χ3v) is 5.11. The zero-order chi connectivity index (χ0) is 13.7. The average molecular weight is 261 g/mol. The summed E-state index contributed by atoms with van der Waals surface area (Å²) in [7, 11) is 0. The molecule has 0 aromatic carbocycles. The third-order valence-electron chi connectivity index (χ3n) is 5.11. The minimum absolute atomic E-state index is 0.226. The van der Waals surface area contributed by atoms with E-state index in [4.69, 9.17) is 0 Å². The van der Waals surface area contributed by atoms with Gasteiger partial charge in [-0.2, -0.15) is 0 Å². The van der Waals surface area contributed by atoms with Gasteiger partial charge >= 0.3 is 0 Å². The summed E-state index contributed by atoms with van der Waals surface area (Å²) in [5.41, 5.74) is 3.38. The van der Waals surface area contributed by atoms with Crippen LogP contribution in [0.1, 0.15) is 70.2 Å². The Bertz CT molecular complexity index is 468. The number of nitrogens with zero attached hydrogens (tertiary/aromatic N) is 1. The van der Waals surface area contributed by atoms with Crippen LogP contribution in [0.4, 0.5) is 0 Å². The Kier molecular flexibility index (Phi) is 3.05. The second-order valence-electron chi connectivity index (χ2n) is 7.66. The Morgan fingerprint density at radius 2 is 2.11 bits per heavy atom. The highest BCUT2D eigenvalue weighted by molar-refractivity contribution is 5.29. The summed E-state index contributed by atoms with van der Waals surface area (Å²) >= 11 is 0. The first kappa shape index (κ1) is 13.2. The standard InChI is InChI=1S/C17H27NO/c1-4-6-17(7-8-17)12-18-9-5-13-14(18)10-16(2,3)11-15(13)19/h5,9,15,19H,4,6-8,10-12H2,1-3H3. The summed E-state index contributed by atoms with van der Waals surface area (Å²) in [5.74, 6) is 0. The van der Waals surface area contributed by atoms with Crippen molar-refractivity contribution in [1.29, 1.82) is 0 Å². The fraction of sp³-hybridized carbons (Fsp3) is 0.765. The molecule has 1 unspecified atom stereocenters. The highest BCUT2D eigenvalue weighted by Crippen LogP contribution is 2.52. The third kappa shape index (κ3) is 2.47. The van der Waals surface area contributed by atoms with Gasteiger partial charge in [0.25, 0.3) is 0 Å². The van der Waals surface area contributed by atoms with E-state index in [1.54, 1.807) is 0 Å². The molecule has 0 saturated heterocycles. The molecule has 3 rings (SSSR count). The lowest BCUT2D eigenvalue weighted by Gasteiger charge is -2.34. The van der Waals surface area contributed by atoms with Gasteiger partial charge in [0.1, 0.15) is 0 Å². The molecule has 1 saturated carbocycles. The normalized spacial score (nSPS) is 27.1. The van der Waals surface area contributed by atoms with Crippen molar-refractivity contribution in [2.75, 3.05) is 0 Å². The van der Waals surface area contributed by atoms with Crippen LogP contribution in [0.3, 0.4) is 0 Å². The molecule has 0 spiro atoms. The topological polar surface area (TPSA) is 25.2 Å². The summed E-state index contributed by atoms with van der Waals surface area (Å²) in [4.78, 5) is 0. The van der Waals surface area contributed by atoms with Crippen molar-refractivity contribution in [3.63, 3.8) is 0 Å². The molecule has 1 aromatic rings. The van der Waals surface area contributed by atoms with Gasteiger partial charge in [0.15, 0.2) is 0 Å². The lowest BCUT2D eigenvalue weighted by molar-refractivity contribution is 0.0975. The van der Waals surface area contributed by atoms with Crippen molar-refractivity contribution in [2.24, 2.45) is 10.8 Å². The molecule has 1 aromatic heterocycles. The van der Waals surface area contributed by atoms with Crippen molar-refractivity contribution in [2.45, 2.75) is 71.9 Å². The summed E-state index contributed by atoms with van der Waals surface area (Å²) in [6, 6.07) is 2.15. The molecule has 2 nitrogen and oxygen atoms in total. The minimum atomic E-state index is -0.263. The van der Waals surface area contributed by atoms with Crippen LogP contribution >= 0.6 is 0 Å². The van der Waals surface area contributed by atoms with E-state index in [2.05, 4.69) is 37.6 Å². The molecule has 1 fully saturated rings. The number of aromatic nitrogens is 1. The molecular weight excluding hydrogens is 234 g/mol. The first-order valence-corrected chi connectivity index (χ1v) is 7.81. The Morgan fingerprint density at radius 1 is 1.37 bits per heavy atom. The number of fused-ring (bicyclic) bond motifs is 1. The largest absolute Gasteiger partial charge is 0.388 e. The van der Waals surface area contributed by atoms with E-state index < -0.39 is 0 Å². The maximum Gasteiger partial charge on any atom is 0.0812 e. The van der Waals surface area contributed by atoms with E-state index in [0.717, 1.165) is 12.8 Å². The van der Waals surface area contributed by atoms with Crippen molar-refractivity contribution in [3.8, 4) is 0 Å². The first-order chi connectivity index (χ1) is 8.95. The fourth-order valence-corrected chi connectivity index (χ4v) is 3.89. The van der Waals surface area contributed by atoms with E-state index in [1.165, 1.54) is 43.5 Å². The van der Waals surface area contributed by atoms with Crippen LogP contribution in [0.15, 0.2) is 12.3 Å². The number of aliphatic hydroxyl groups excluding tert-OH is 1. The molecule has 0 aliphatic heterocycles. The molecular formula is C17H27NO.